The Labute approximate surface area is 134 Å². The van der Waals surface area contributed by atoms with Gasteiger partial charge in [0.25, 0.3) is 0 Å². The summed E-state index contributed by atoms with van der Waals surface area (Å²) in [5.74, 6) is -0.393. The molecule has 0 atom stereocenters. The molecule has 0 aliphatic carbocycles. The van der Waals surface area contributed by atoms with Crippen LogP contribution < -0.4 is 0 Å². The van der Waals surface area contributed by atoms with Crippen molar-refractivity contribution in [3.05, 3.63) is 59.5 Å². The summed E-state index contributed by atoms with van der Waals surface area (Å²) in [6, 6.07) is 11.5. The van der Waals surface area contributed by atoms with Crippen LogP contribution in [0.3, 0.4) is 0 Å². The lowest BCUT2D eigenvalue weighted by Crippen LogP contribution is -2.10. The molecule has 3 aromatic rings. The molecule has 0 spiro atoms. The monoisotopic (exact) mass is 310 g/mol. The van der Waals surface area contributed by atoms with Crippen LogP contribution in [0.5, 0.6) is 0 Å². The molecule has 1 aromatic carbocycles. The molecule has 0 saturated heterocycles. The molecule has 6 nitrogen and oxygen atoms in total. The van der Waals surface area contributed by atoms with Gasteiger partial charge in [-0.2, -0.15) is 10.2 Å². The van der Waals surface area contributed by atoms with Crippen molar-refractivity contribution in [1.29, 1.82) is 0 Å². The zero-order valence-corrected chi connectivity index (χ0v) is 13.4. The number of carbonyl (C=O) groups is 1. The minimum absolute atomic E-state index is 0.168. The minimum atomic E-state index is -0.393. The third kappa shape index (κ3) is 3.15. The van der Waals surface area contributed by atoms with Crippen LogP contribution in [0.4, 0.5) is 0 Å². The van der Waals surface area contributed by atoms with Crippen LogP contribution in [0.1, 0.15) is 21.7 Å². The van der Waals surface area contributed by atoms with Crippen molar-refractivity contribution in [3.63, 3.8) is 0 Å². The van der Waals surface area contributed by atoms with E-state index in [2.05, 4.69) is 10.2 Å². The summed E-state index contributed by atoms with van der Waals surface area (Å²) in [6.45, 7) is 2.01. The number of carbonyl (C=O) groups excluding carboxylic acids is 1. The SMILES string of the molecule is Cc1cc(C(=O)OCc2cn(C)nc2-c2ccccc2)n(C)n1. The van der Waals surface area contributed by atoms with Gasteiger partial charge in [-0.1, -0.05) is 30.3 Å². The van der Waals surface area contributed by atoms with Crippen molar-refractivity contribution in [2.75, 3.05) is 0 Å². The maximum Gasteiger partial charge on any atom is 0.356 e. The van der Waals surface area contributed by atoms with E-state index < -0.39 is 5.97 Å². The Morgan fingerprint density at radius 2 is 1.91 bits per heavy atom. The number of rotatable bonds is 4. The van der Waals surface area contributed by atoms with Gasteiger partial charge in [-0.25, -0.2) is 4.79 Å². The van der Waals surface area contributed by atoms with Gasteiger partial charge in [0.15, 0.2) is 0 Å². The summed E-state index contributed by atoms with van der Waals surface area (Å²) in [5, 5.41) is 8.62. The lowest BCUT2D eigenvalue weighted by atomic mass is 10.1. The molecule has 0 unspecified atom stereocenters. The molecule has 0 aliphatic heterocycles. The first-order valence-electron chi connectivity index (χ1n) is 7.30. The van der Waals surface area contributed by atoms with E-state index >= 15 is 0 Å². The Kier molecular flexibility index (Phi) is 3.97. The van der Waals surface area contributed by atoms with Gasteiger partial charge >= 0.3 is 5.97 Å². The van der Waals surface area contributed by atoms with Crippen LogP contribution >= 0.6 is 0 Å². The highest BCUT2D eigenvalue weighted by Crippen LogP contribution is 2.22. The van der Waals surface area contributed by atoms with Gasteiger partial charge in [-0.15, -0.1) is 0 Å². The summed E-state index contributed by atoms with van der Waals surface area (Å²) in [7, 11) is 3.57. The fraction of sp³-hybridized carbons (Fsp3) is 0.235. The Bertz CT molecular complexity index is 834. The summed E-state index contributed by atoms with van der Waals surface area (Å²) in [4.78, 5) is 12.2. The van der Waals surface area contributed by atoms with E-state index in [4.69, 9.17) is 4.74 Å². The molecule has 2 heterocycles. The summed E-state index contributed by atoms with van der Waals surface area (Å²) >= 11 is 0. The first-order chi connectivity index (χ1) is 11.0. The second kappa shape index (κ2) is 6.08. The second-order valence-corrected chi connectivity index (χ2v) is 5.41. The van der Waals surface area contributed by atoms with E-state index in [1.807, 2.05) is 50.5 Å². The number of hydrogen-bond donors (Lipinski definition) is 0. The van der Waals surface area contributed by atoms with E-state index in [0.29, 0.717) is 5.69 Å². The average Bonchev–Trinajstić information content (AvgIpc) is 3.07. The largest absolute Gasteiger partial charge is 0.456 e. The third-order valence-corrected chi connectivity index (χ3v) is 3.52. The first kappa shape index (κ1) is 15.0. The molecule has 118 valence electrons. The Morgan fingerprint density at radius 3 is 2.57 bits per heavy atom. The van der Waals surface area contributed by atoms with Gasteiger partial charge in [0.1, 0.15) is 12.3 Å². The van der Waals surface area contributed by atoms with E-state index in [1.165, 1.54) is 4.68 Å². The standard InChI is InChI=1S/C17H18N4O2/c1-12-9-15(21(3)18-12)17(22)23-11-14-10-20(2)19-16(14)13-7-5-4-6-8-13/h4-10H,11H2,1-3H3. The van der Waals surface area contributed by atoms with Crippen LogP contribution in [-0.4, -0.2) is 25.5 Å². The molecule has 0 amide bonds. The molecule has 0 saturated carbocycles. The quantitative estimate of drug-likeness (QED) is 0.695. The molecular formula is C17H18N4O2. The summed E-state index contributed by atoms with van der Waals surface area (Å²) in [5.41, 5.74) is 3.90. The summed E-state index contributed by atoms with van der Waals surface area (Å²) < 4.78 is 8.68. The van der Waals surface area contributed by atoms with Gasteiger partial charge in [0.05, 0.1) is 11.4 Å². The van der Waals surface area contributed by atoms with Gasteiger partial charge in [0.2, 0.25) is 0 Å². The van der Waals surface area contributed by atoms with Crippen molar-refractivity contribution in [2.45, 2.75) is 13.5 Å². The van der Waals surface area contributed by atoms with Gasteiger partial charge in [-0.05, 0) is 13.0 Å². The number of esters is 1. The molecular weight excluding hydrogens is 292 g/mol. The molecule has 0 radical (unpaired) electrons. The number of aromatic nitrogens is 4. The smallest absolute Gasteiger partial charge is 0.356 e. The molecule has 0 bridgehead atoms. The van der Waals surface area contributed by atoms with E-state index in [1.54, 1.807) is 17.8 Å². The first-order valence-corrected chi connectivity index (χ1v) is 7.30. The molecule has 2 aromatic heterocycles. The number of hydrogen-bond acceptors (Lipinski definition) is 4. The predicted octanol–water partition coefficient (Wildman–Crippen LogP) is 2.49. The fourth-order valence-electron chi connectivity index (χ4n) is 2.50. The van der Waals surface area contributed by atoms with E-state index in [-0.39, 0.29) is 6.61 Å². The highest BCUT2D eigenvalue weighted by molar-refractivity contribution is 5.87. The number of aryl methyl sites for hydroxylation is 3. The maximum atomic E-state index is 12.2. The maximum absolute atomic E-state index is 12.2. The number of nitrogens with zero attached hydrogens (tertiary/aromatic N) is 4. The van der Waals surface area contributed by atoms with Gasteiger partial charge in [-0.3, -0.25) is 9.36 Å². The van der Waals surface area contributed by atoms with Gasteiger partial charge < -0.3 is 4.74 Å². The van der Waals surface area contributed by atoms with E-state index in [0.717, 1.165) is 22.5 Å². The van der Waals surface area contributed by atoms with Crippen LogP contribution in [-0.2, 0) is 25.4 Å². The average molecular weight is 310 g/mol. The molecule has 0 fully saturated rings. The normalized spacial score (nSPS) is 10.7. The van der Waals surface area contributed by atoms with Crippen molar-refractivity contribution < 1.29 is 9.53 Å². The predicted molar refractivity (Wildman–Crippen MR) is 85.7 cm³/mol. The molecule has 23 heavy (non-hydrogen) atoms. The van der Waals surface area contributed by atoms with Crippen molar-refractivity contribution >= 4 is 5.97 Å². The third-order valence-electron chi connectivity index (χ3n) is 3.52. The van der Waals surface area contributed by atoms with Crippen LogP contribution in [0.2, 0.25) is 0 Å². The lowest BCUT2D eigenvalue weighted by molar-refractivity contribution is 0.0460. The molecule has 3 rings (SSSR count). The van der Waals surface area contributed by atoms with Crippen molar-refractivity contribution in [3.8, 4) is 11.3 Å². The van der Waals surface area contributed by atoms with Crippen LogP contribution in [0, 0.1) is 6.92 Å². The topological polar surface area (TPSA) is 61.9 Å². The second-order valence-electron chi connectivity index (χ2n) is 5.41. The number of benzene rings is 1. The van der Waals surface area contributed by atoms with Gasteiger partial charge in [0, 0.05) is 31.4 Å². The zero-order chi connectivity index (χ0) is 16.4. The molecule has 6 heteroatoms. The zero-order valence-electron chi connectivity index (χ0n) is 13.4. The Hall–Kier alpha value is -2.89. The Balaban J connectivity index is 1.79. The summed E-state index contributed by atoms with van der Waals surface area (Å²) in [6.07, 6.45) is 1.87. The van der Waals surface area contributed by atoms with Crippen molar-refractivity contribution in [1.82, 2.24) is 19.6 Å². The van der Waals surface area contributed by atoms with Crippen molar-refractivity contribution in [2.24, 2.45) is 14.1 Å². The molecule has 0 N–H and O–H groups in total. The van der Waals surface area contributed by atoms with E-state index in [9.17, 15) is 4.79 Å². The Morgan fingerprint density at radius 1 is 1.17 bits per heavy atom. The van der Waals surface area contributed by atoms with Crippen LogP contribution in [0.15, 0.2) is 42.6 Å². The minimum Gasteiger partial charge on any atom is -0.456 e. The van der Waals surface area contributed by atoms with Crippen LogP contribution in [0.25, 0.3) is 11.3 Å². The highest BCUT2D eigenvalue weighted by Gasteiger charge is 2.16. The lowest BCUT2D eigenvalue weighted by Gasteiger charge is -2.05. The fourth-order valence-corrected chi connectivity index (χ4v) is 2.50. The highest BCUT2D eigenvalue weighted by atomic mass is 16.5. The number of ether oxygens (including phenoxy) is 1. The molecule has 0 aliphatic rings.